The Hall–Kier alpha value is -6.47. The standard InChI is InChI=1S/C47H42O7/c1-46(2,37-25-13-11-21-33(37)31-19-7-9-23-35(31)43(48)51-5)39-27-15-17-29-41(39)53-45(50)54-42-30-18-16-28-40(42)47(3,4)38-26-14-12-22-34(38)32-20-8-10-24-36(32)44(49)52-6/h7-30H,1-6H3. The highest BCUT2D eigenvalue weighted by atomic mass is 16.7. The zero-order valence-corrected chi connectivity index (χ0v) is 31.2. The highest BCUT2D eigenvalue weighted by molar-refractivity contribution is 5.98. The van der Waals surface area contributed by atoms with Gasteiger partial charge in [-0.2, -0.15) is 0 Å². The van der Waals surface area contributed by atoms with Gasteiger partial charge in [-0.05, 0) is 57.6 Å². The van der Waals surface area contributed by atoms with Crippen molar-refractivity contribution in [3.8, 4) is 33.8 Å². The molecule has 0 aromatic heterocycles. The Labute approximate surface area is 316 Å². The molecular formula is C47H42O7. The van der Waals surface area contributed by atoms with Crippen LogP contribution >= 0.6 is 0 Å². The van der Waals surface area contributed by atoms with Gasteiger partial charge in [0.25, 0.3) is 0 Å². The Balaban J connectivity index is 1.33. The Kier molecular flexibility index (Phi) is 10.8. The van der Waals surface area contributed by atoms with Crippen LogP contribution in [0.25, 0.3) is 22.3 Å². The third-order valence-corrected chi connectivity index (χ3v) is 9.95. The minimum atomic E-state index is -0.893. The van der Waals surface area contributed by atoms with Crippen LogP contribution in [-0.2, 0) is 20.3 Å². The molecule has 0 heterocycles. The Morgan fingerprint density at radius 2 is 0.685 bits per heavy atom. The second-order valence-electron chi connectivity index (χ2n) is 13.9. The summed E-state index contributed by atoms with van der Waals surface area (Å²) in [5.41, 5.74) is 6.03. The van der Waals surface area contributed by atoms with E-state index in [4.69, 9.17) is 18.9 Å². The lowest BCUT2D eigenvalue weighted by Crippen LogP contribution is -2.25. The molecule has 6 aromatic carbocycles. The molecule has 7 heteroatoms. The molecule has 0 aliphatic rings. The maximum absolute atomic E-state index is 13.7. The number of hydrogen-bond acceptors (Lipinski definition) is 7. The van der Waals surface area contributed by atoms with E-state index in [1.54, 1.807) is 48.5 Å². The quantitative estimate of drug-likeness (QED) is 0.103. The van der Waals surface area contributed by atoms with Gasteiger partial charge in [-0.15, -0.1) is 0 Å². The SMILES string of the molecule is COC(=O)c1ccccc1-c1ccccc1C(C)(C)c1ccccc1OC(=O)Oc1ccccc1C(C)(C)c1ccccc1-c1ccccc1C(=O)OC. The third kappa shape index (κ3) is 7.26. The van der Waals surface area contributed by atoms with Crippen molar-refractivity contribution in [1.82, 2.24) is 0 Å². The lowest BCUT2D eigenvalue weighted by molar-refractivity contribution is 0.0592. The van der Waals surface area contributed by atoms with Crippen molar-refractivity contribution in [3.05, 3.63) is 179 Å². The van der Waals surface area contributed by atoms with E-state index in [1.165, 1.54) is 14.2 Å². The summed E-state index contributed by atoms with van der Waals surface area (Å²) in [4.78, 5) is 39.3. The van der Waals surface area contributed by atoms with E-state index in [1.807, 2.05) is 125 Å². The maximum atomic E-state index is 13.7. The summed E-state index contributed by atoms with van der Waals surface area (Å²) >= 11 is 0. The van der Waals surface area contributed by atoms with Crippen molar-refractivity contribution in [2.24, 2.45) is 0 Å². The third-order valence-electron chi connectivity index (χ3n) is 9.95. The average molecular weight is 719 g/mol. The molecule has 0 fully saturated rings. The average Bonchev–Trinajstić information content (AvgIpc) is 3.20. The first kappa shape index (κ1) is 37.3. The van der Waals surface area contributed by atoms with Crippen molar-refractivity contribution in [3.63, 3.8) is 0 Å². The Bertz CT molecular complexity index is 2170. The molecule has 0 atom stereocenters. The molecule has 7 nitrogen and oxygen atoms in total. The van der Waals surface area contributed by atoms with Crippen LogP contribution < -0.4 is 9.47 Å². The predicted molar refractivity (Wildman–Crippen MR) is 210 cm³/mol. The zero-order valence-electron chi connectivity index (χ0n) is 31.2. The van der Waals surface area contributed by atoms with Crippen molar-refractivity contribution >= 4 is 18.1 Å². The molecule has 0 saturated heterocycles. The molecule has 0 saturated carbocycles. The van der Waals surface area contributed by atoms with Gasteiger partial charge in [-0.25, -0.2) is 14.4 Å². The number of carbonyl (C=O) groups is 3. The van der Waals surface area contributed by atoms with Crippen LogP contribution in [0.2, 0.25) is 0 Å². The number of hydrogen-bond donors (Lipinski definition) is 0. The fourth-order valence-corrected chi connectivity index (χ4v) is 7.17. The van der Waals surface area contributed by atoms with E-state index in [2.05, 4.69) is 0 Å². The fourth-order valence-electron chi connectivity index (χ4n) is 7.17. The Morgan fingerprint density at radius 3 is 1.06 bits per heavy atom. The minimum absolute atomic E-state index is 0.338. The van der Waals surface area contributed by atoms with Crippen molar-refractivity contribution < 1.29 is 33.3 Å². The van der Waals surface area contributed by atoms with Gasteiger partial charge in [0.15, 0.2) is 0 Å². The van der Waals surface area contributed by atoms with Gasteiger partial charge < -0.3 is 18.9 Å². The second kappa shape index (κ2) is 15.6. The molecule has 6 rings (SSSR count). The van der Waals surface area contributed by atoms with E-state index in [0.717, 1.165) is 44.5 Å². The van der Waals surface area contributed by atoms with Gasteiger partial charge in [0.2, 0.25) is 0 Å². The normalized spacial score (nSPS) is 11.4. The lowest BCUT2D eigenvalue weighted by atomic mass is 9.74. The summed E-state index contributed by atoms with van der Waals surface area (Å²) in [6.45, 7) is 8.20. The summed E-state index contributed by atoms with van der Waals surface area (Å²) in [5.74, 6) is -0.180. The molecule has 0 spiro atoms. The highest BCUT2D eigenvalue weighted by Crippen LogP contribution is 2.44. The molecule has 6 aromatic rings. The molecule has 0 unspecified atom stereocenters. The monoisotopic (exact) mass is 718 g/mol. The van der Waals surface area contributed by atoms with Gasteiger partial charge in [-0.3, -0.25) is 0 Å². The van der Waals surface area contributed by atoms with Gasteiger partial charge >= 0.3 is 18.1 Å². The number of carbonyl (C=O) groups excluding carboxylic acids is 3. The van der Waals surface area contributed by atoms with E-state index in [0.29, 0.717) is 22.6 Å². The summed E-state index contributed by atoms with van der Waals surface area (Å²) in [6, 6.07) is 45.1. The van der Waals surface area contributed by atoms with Gasteiger partial charge in [-0.1, -0.05) is 149 Å². The Morgan fingerprint density at radius 1 is 0.389 bits per heavy atom. The summed E-state index contributed by atoms with van der Waals surface area (Å²) in [7, 11) is 2.74. The van der Waals surface area contributed by atoms with Crippen molar-refractivity contribution in [2.45, 2.75) is 38.5 Å². The molecule has 54 heavy (non-hydrogen) atoms. The van der Waals surface area contributed by atoms with Crippen molar-refractivity contribution in [2.75, 3.05) is 14.2 Å². The topological polar surface area (TPSA) is 88.1 Å². The first-order valence-corrected chi connectivity index (χ1v) is 17.6. The molecule has 0 N–H and O–H groups in total. The number of esters is 2. The molecule has 0 aliphatic heterocycles. The van der Waals surface area contributed by atoms with E-state index >= 15 is 0 Å². The first-order valence-electron chi connectivity index (χ1n) is 17.6. The van der Waals surface area contributed by atoms with Gasteiger partial charge in [0, 0.05) is 22.0 Å². The predicted octanol–water partition coefficient (Wildman–Crippen LogP) is 10.8. The van der Waals surface area contributed by atoms with Crippen LogP contribution in [0.3, 0.4) is 0 Å². The van der Waals surface area contributed by atoms with Gasteiger partial charge in [0.05, 0.1) is 25.3 Å². The van der Waals surface area contributed by atoms with Crippen molar-refractivity contribution in [1.29, 1.82) is 0 Å². The number of methoxy groups -OCH3 is 2. The molecular weight excluding hydrogens is 677 g/mol. The largest absolute Gasteiger partial charge is 0.519 e. The smallest absolute Gasteiger partial charge is 0.465 e. The van der Waals surface area contributed by atoms with E-state index in [9.17, 15) is 14.4 Å². The van der Waals surface area contributed by atoms with Crippen LogP contribution in [0.15, 0.2) is 146 Å². The number of ether oxygens (including phenoxy) is 4. The van der Waals surface area contributed by atoms with Crippen LogP contribution in [0.1, 0.15) is 70.7 Å². The first-order chi connectivity index (χ1) is 26.0. The molecule has 0 bridgehead atoms. The number of benzene rings is 6. The fraction of sp³-hybridized carbons (Fsp3) is 0.170. The summed E-state index contributed by atoms with van der Waals surface area (Å²) in [6.07, 6.45) is -0.893. The highest BCUT2D eigenvalue weighted by Gasteiger charge is 2.33. The summed E-state index contributed by atoms with van der Waals surface area (Å²) in [5, 5.41) is 0. The van der Waals surface area contributed by atoms with E-state index < -0.39 is 28.9 Å². The van der Waals surface area contributed by atoms with Crippen LogP contribution in [0.4, 0.5) is 4.79 Å². The molecule has 0 aliphatic carbocycles. The molecule has 0 amide bonds. The summed E-state index contributed by atoms with van der Waals surface area (Å²) < 4.78 is 22.2. The number of para-hydroxylation sites is 2. The minimum Gasteiger partial charge on any atom is -0.465 e. The van der Waals surface area contributed by atoms with Gasteiger partial charge in [0.1, 0.15) is 11.5 Å². The molecule has 0 radical (unpaired) electrons. The van der Waals surface area contributed by atoms with Crippen LogP contribution in [0, 0.1) is 0 Å². The van der Waals surface area contributed by atoms with Crippen LogP contribution in [0.5, 0.6) is 11.5 Å². The molecule has 272 valence electrons. The van der Waals surface area contributed by atoms with E-state index in [-0.39, 0.29) is 0 Å². The maximum Gasteiger partial charge on any atom is 0.519 e. The lowest BCUT2D eigenvalue weighted by Gasteiger charge is -2.31. The number of rotatable bonds is 10. The van der Waals surface area contributed by atoms with Crippen LogP contribution in [-0.4, -0.2) is 32.3 Å². The second-order valence-corrected chi connectivity index (χ2v) is 13.9. The zero-order chi connectivity index (χ0) is 38.5.